The highest BCUT2D eigenvalue weighted by Crippen LogP contribution is 2.36. The molecule has 6 aromatic rings. The zero-order valence-electron chi connectivity index (χ0n) is 17.8. The summed E-state index contributed by atoms with van der Waals surface area (Å²) in [6, 6.07) is 38.9. The third-order valence-corrected chi connectivity index (χ3v) is 6.40. The van der Waals surface area contributed by atoms with Crippen LogP contribution in [0.1, 0.15) is 22.3 Å². The fourth-order valence-corrected chi connectivity index (χ4v) is 4.69. The van der Waals surface area contributed by atoms with Crippen LogP contribution in [0.5, 0.6) is 0 Å². The average Bonchev–Trinajstić information content (AvgIpc) is 2.87. The van der Waals surface area contributed by atoms with Crippen LogP contribution >= 0.6 is 0 Å². The summed E-state index contributed by atoms with van der Waals surface area (Å²) >= 11 is 0. The molecule has 0 nitrogen and oxygen atoms in total. The van der Waals surface area contributed by atoms with E-state index in [0.29, 0.717) is 0 Å². The molecule has 0 amide bonds. The van der Waals surface area contributed by atoms with Crippen molar-refractivity contribution in [1.29, 1.82) is 0 Å². The lowest BCUT2D eigenvalue weighted by Gasteiger charge is -2.12. The molecule has 0 bridgehead atoms. The molecule has 150 valence electrons. The van der Waals surface area contributed by atoms with Gasteiger partial charge < -0.3 is 0 Å². The van der Waals surface area contributed by atoms with Crippen molar-refractivity contribution in [2.45, 2.75) is 0 Å². The van der Waals surface area contributed by atoms with Crippen LogP contribution in [-0.2, 0) is 0 Å². The van der Waals surface area contributed by atoms with E-state index in [1.807, 2.05) is 18.2 Å². The van der Waals surface area contributed by atoms with E-state index in [-0.39, 0.29) is 0 Å². The van der Waals surface area contributed by atoms with Gasteiger partial charge >= 0.3 is 0 Å². The van der Waals surface area contributed by atoms with Crippen LogP contribution in [0.25, 0.3) is 50.0 Å². The van der Waals surface area contributed by atoms with Crippen molar-refractivity contribution in [2.24, 2.45) is 0 Å². The van der Waals surface area contributed by atoms with Gasteiger partial charge in [-0.3, -0.25) is 0 Å². The third-order valence-electron chi connectivity index (χ3n) is 6.40. The van der Waals surface area contributed by atoms with Crippen molar-refractivity contribution in [3.63, 3.8) is 0 Å². The Morgan fingerprint density at radius 3 is 1.88 bits per heavy atom. The molecule has 0 aliphatic rings. The number of rotatable bonds is 4. The minimum atomic E-state index is 1.05. The summed E-state index contributed by atoms with van der Waals surface area (Å²) in [6.07, 6.45) is 4.42. The molecule has 0 saturated heterocycles. The maximum Gasteiger partial charge on any atom is -0.00208 e. The normalized spacial score (nSPS) is 11.8. The van der Waals surface area contributed by atoms with Crippen molar-refractivity contribution in [3.8, 4) is 0 Å². The summed E-state index contributed by atoms with van der Waals surface area (Å²) in [6.45, 7) is 4.27. The highest BCUT2D eigenvalue weighted by molar-refractivity contribution is 6.24. The quantitative estimate of drug-likeness (QED) is 0.203. The number of hydrogen-bond donors (Lipinski definition) is 0. The Hall–Kier alpha value is -4.16. The third kappa shape index (κ3) is 3.09. The molecule has 32 heavy (non-hydrogen) atoms. The van der Waals surface area contributed by atoms with Crippen LogP contribution in [-0.4, -0.2) is 0 Å². The van der Waals surface area contributed by atoms with Crippen molar-refractivity contribution < 1.29 is 0 Å². The highest BCUT2D eigenvalue weighted by Gasteiger charge is 2.09. The molecular weight excluding hydrogens is 384 g/mol. The van der Waals surface area contributed by atoms with E-state index < -0.39 is 0 Å². The Morgan fingerprint density at radius 1 is 0.500 bits per heavy atom. The van der Waals surface area contributed by atoms with Crippen molar-refractivity contribution in [2.75, 3.05) is 0 Å². The van der Waals surface area contributed by atoms with Gasteiger partial charge in [0, 0.05) is 0 Å². The van der Waals surface area contributed by atoms with Crippen molar-refractivity contribution in [1.82, 2.24) is 0 Å². The van der Waals surface area contributed by atoms with E-state index >= 15 is 0 Å². The first-order valence-corrected chi connectivity index (χ1v) is 11.0. The minimum Gasteiger partial charge on any atom is -0.0906 e. The predicted octanol–water partition coefficient (Wildman–Crippen LogP) is 8.82. The molecular formula is C32H22. The summed E-state index contributed by atoms with van der Waals surface area (Å²) in [5.41, 5.74) is 5.78. The Morgan fingerprint density at radius 2 is 1.12 bits per heavy atom. The molecule has 0 aromatic heterocycles. The number of hydrogen-bond acceptors (Lipinski definition) is 0. The zero-order chi connectivity index (χ0) is 21.5. The first-order chi connectivity index (χ1) is 15.8. The van der Waals surface area contributed by atoms with E-state index in [9.17, 15) is 0 Å². The monoisotopic (exact) mass is 406 g/mol. The van der Waals surface area contributed by atoms with Gasteiger partial charge in [0.05, 0.1) is 0 Å². The predicted molar refractivity (Wildman–Crippen MR) is 140 cm³/mol. The zero-order valence-corrected chi connectivity index (χ0v) is 17.8. The minimum absolute atomic E-state index is 1.05. The summed E-state index contributed by atoms with van der Waals surface area (Å²) in [4.78, 5) is 0. The Bertz CT molecular complexity index is 1580. The highest BCUT2D eigenvalue weighted by atomic mass is 14.1. The largest absolute Gasteiger partial charge is 0.0906 e. The van der Waals surface area contributed by atoms with Crippen LogP contribution in [0.2, 0.25) is 0 Å². The molecule has 0 unspecified atom stereocenters. The van der Waals surface area contributed by atoms with Gasteiger partial charge in [0.2, 0.25) is 0 Å². The lowest BCUT2D eigenvalue weighted by atomic mass is 9.92. The Labute approximate surface area is 188 Å². The second-order valence-corrected chi connectivity index (χ2v) is 8.31. The van der Waals surface area contributed by atoms with E-state index in [1.165, 1.54) is 43.4 Å². The molecule has 0 spiro atoms. The molecule has 6 rings (SSSR count). The van der Waals surface area contributed by atoms with Crippen LogP contribution in [0.4, 0.5) is 0 Å². The van der Waals surface area contributed by atoms with Gasteiger partial charge in [-0.15, -0.1) is 0 Å². The molecule has 0 saturated carbocycles. The first-order valence-electron chi connectivity index (χ1n) is 11.0. The van der Waals surface area contributed by atoms with Gasteiger partial charge in [0.1, 0.15) is 0 Å². The van der Waals surface area contributed by atoms with Crippen LogP contribution < -0.4 is 0 Å². The fourth-order valence-electron chi connectivity index (χ4n) is 4.69. The van der Waals surface area contributed by atoms with Gasteiger partial charge in [-0.05, 0) is 60.1 Å². The summed E-state index contributed by atoms with van der Waals surface area (Å²) in [5.74, 6) is 0. The fraction of sp³-hybridized carbons (Fsp3) is 0. The van der Waals surface area contributed by atoms with Gasteiger partial charge in [-0.1, -0.05) is 128 Å². The first kappa shape index (κ1) is 18.6. The van der Waals surface area contributed by atoms with E-state index in [0.717, 1.165) is 16.7 Å². The topological polar surface area (TPSA) is 0 Å². The van der Waals surface area contributed by atoms with Crippen molar-refractivity contribution in [3.05, 3.63) is 138 Å². The lowest BCUT2D eigenvalue weighted by molar-refractivity contribution is 1.54. The summed E-state index contributed by atoms with van der Waals surface area (Å²) < 4.78 is 0. The molecule has 0 heteroatoms. The Balaban J connectivity index is 1.36. The van der Waals surface area contributed by atoms with E-state index in [2.05, 4.69) is 110 Å². The van der Waals surface area contributed by atoms with E-state index in [1.54, 1.807) is 0 Å². The second kappa shape index (κ2) is 7.51. The van der Waals surface area contributed by atoms with Gasteiger partial charge in [0.25, 0.3) is 0 Å². The molecule has 6 aromatic carbocycles. The van der Waals surface area contributed by atoms with Crippen LogP contribution in [0, 0.1) is 0 Å². The van der Waals surface area contributed by atoms with Crippen LogP contribution in [0.15, 0.2) is 116 Å². The van der Waals surface area contributed by atoms with Gasteiger partial charge in [-0.2, -0.15) is 0 Å². The number of benzene rings is 6. The van der Waals surface area contributed by atoms with Crippen molar-refractivity contribution >= 4 is 50.0 Å². The SMILES string of the molecule is C=C(c1ccccc1)c1ccc(/C=C/c2ccc3ccc4cccc5ccc2c3c45)cc1. The van der Waals surface area contributed by atoms with Crippen LogP contribution in [0.3, 0.4) is 0 Å². The maximum atomic E-state index is 4.27. The Kier molecular flexibility index (Phi) is 4.37. The van der Waals surface area contributed by atoms with E-state index in [4.69, 9.17) is 0 Å². The average molecular weight is 407 g/mol. The molecule has 0 heterocycles. The summed E-state index contributed by atoms with van der Waals surface area (Å²) in [7, 11) is 0. The molecule has 0 aliphatic carbocycles. The standard InChI is InChI=1S/C32H22/c1-22(24-6-3-2-4-7-24)25-13-10-23(11-14-25)12-15-26-16-17-29-19-18-27-8-5-9-28-20-21-30(26)32(29)31(27)28/h2-21H,1H2/b15-12+. The van der Waals surface area contributed by atoms with Gasteiger partial charge in [0.15, 0.2) is 0 Å². The molecule has 0 atom stereocenters. The molecule has 0 fully saturated rings. The van der Waals surface area contributed by atoms with Gasteiger partial charge in [-0.25, -0.2) is 0 Å². The second-order valence-electron chi connectivity index (χ2n) is 8.31. The molecule has 0 aliphatic heterocycles. The summed E-state index contributed by atoms with van der Waals surface area (Å²) in [5, 5.41) is 7.92. The molecule has 0 N–H and O–H groups in total. The smallest absolute Gasteiger partial charge is 0.00208 e. The molecule has 0 radical (unpaired) electrons. The maximum absolute atomic E-state index is 4.27. The lowest BCUT2D eigenvalue weighted by Crippen LogP contribution is -1.86.